The SMILES string of the molecule is N#CC1CCn2c(cc3ccccc32)C1. The van der Waals surface area contributed by atoms with Gasteiger partial charge < -0.3 is 4.57 Å². The fourth-order valence-corrected chi connectivity index (χ4v) is 2.45. The van der Waals surface area contributed by atoms with Crippen LogP contribution in [0.4, 0.5) is 0 Å². The summed E-state index contributed by atoms with van der Waals surface area (Å²) in [5, 5.41) is 10.2. The summed E-state index contributed by atoms with van der Waals surface area (Å²) in [6.07, 6.45) is 1.90. The van der Waals surface area contributed by atoms with Crippen LogP contribution in [0.25, 0.3) is 10.9 Å². The summed E-state index contributed by atoms with van der Waals surface area (Å²) < 4.78 is 2.35. The van der Waals surface area contributed by atoms with Gasteiger partial charge in [0, 0.05) is 24.2 Å². The first-order valence-corrected chi connectivity index (χ1v) is 5.35. The van der Waals surface area contributed by atoms with Gasteiger partial charge in [-0.2, -0.15) is 5.26 Å². The van der Waals surface area contributed by atoms with E-state index >= 15 is 0 Å². The average molecular weight is 196 g/mol. The van der Waals surface area contributed by atoms with Crippen molar-refractivity contribution in [3.05, 3.63) is 36.0 Å². The first-order chi connectivity index (χ1) is 7.38. The highest BCUT2D eigenvalue weighted by atomic mass is 15.0. The molecule has 0 aliphatic carbocycles. The summed E-state index contributed by atoms with van der Waals surface area (Å²) in [5.41, 5.74) is 2.62. The number of hydrogen-bond acceptors (Lipinski definition) is 1. The third-order valence-corrected chi connectivity index (χ3v) is 3.24. The number of hydrogen-bond donors (Lipinski definition) is 0. The molecule has 1 atom stereocenters. The molecule has 3 rings (SSSR count). The molecular formula is C13H12N2. The average Bonchev–Trinajstić information content (AvgIpc) is 2.66. The van der Waals surface area contributed by atoms with Crippen LogP contribution in [-0.4, -0.2) is 4.57 Å². The maximum absolute atomic E-state index is 8.93. The van der Waals surface area contributed by atoms with Gasteiger partial charge in [0.15, 0.2) is 0 Å². The smallest absolute Gasteiger partial charge is 0.0660 e. The van der Waals surface area contributed by atoms with Gasteiger partial charge in [0.1, 0.15) is 0 Å². The molecule has 0 saturated heterocycles. The molecule has 0 bridgehead atoms. The molecule has 0 N–H and O–H groups in total. The summed E-state index contributed by atoms with van der Waals surface area (Å²) in [5.74, 6) is 0.210. The van der Waals surface area contributed by atoms with Crippen molar-refractivity contribution in [1.29, 1.82) is 5.26 Å². The molecule has 15 heavy (non-hydrogen) atoms. The molecule has 1 aromatic carbocycles. The number of nitriles is 1. The van der Waals surface area contributed by atoms with E-state index in [0.29, 0.717) is 0 Å². The van der Waals surface area contributed by atoms with Crippen molar-refractivity contribution in [2.75, 3.05) is 0 Å². The molecule has 1 aliphatic heterocycles. The fourth-order valence-electron chi connectivity index (χ4n) is 2.45. The number of aryl methyl sites for hydroxylation is 1. The lowest BCUT2D eigenvalue weighted by molar-refractivity contribution is 0.467. The predicted molar refractivity (Wildman–Crippen MR) is 59.4 cm³/mol. The Morgan fingerprint density at radius 3 is 3.07 bits per heavy atom. The minimum atomic E-state index is 0.210. The van der Waals surface area contributed by atoms with Crippen molar-refractivity contribution in [2.45, 2.75) is 19.4 Å². The van der Waals surface area contributed by atoms with Crippen LogP contribution in [-0.2, 0) is 13.0 Å². The molecule has 0 fully saturated rings. The van der Waals surface area contributed by atoms with E-state index in [9.17, 15) is 0 Å². The highest BCUT2D eigenvalue weighted by Gasteiger charge is 2.19. The van der Waals surface area contributed by atoms with E-state index in [1.165, 1.54) is 16.6 Å². The predicted octanol–water partition coefficient (Wildman–Crippen LogP) is 2.73. The van der Waals surface area contributed by atoms with Gasteiger partial charge in [0.2, 0.25) is 0 Å². The molecule has 1 aromatic heterocycles. The van der Waals surface area contributed by atoms with Gasteiger partial charge in [-0.05, 0) is 23.9 Å². The number of aromatic nitrogens is 1. The van der Waals surface area contributed by atoms with E-state index in [0.717, 1.165) is 19.4 Å². The largest absolute Gasteiger partial charge is 0.345 e. The molecule has 0 amide bonds. The lowest BCUT2D eigenvalue weighted by atomic mass is 9.98. The summed E-state index contributed by atoms with van der Waals surface area (Å²) in [7, 11) is 0. The molecule has 2 heteroatoms. The Morgan fingerprint density at radius 2 is 2.20 bits per heavy atom. The van der Waals surface area contributed by atoms with Crippen LogP contribution in [0, 0.1) is 17.2 Å². The zero-order chi connectivity index (χ0) is 10.3. The molecule has 2 heterocycles. The van der Waals surface area contributed by atoms with E-state index in [1.54, 1.807) is 0 Å². The lowest BCUT2D eigenvalue weighted by Crippen LogP contribution is -2.17. The van der Waals surface area contributed by atoms with Crippen molar-refractivity contribution in [3.8, 4) is 6.07 Å². The fraction of sp³-hybridized carbons (Fsp3) is 0.308. The first-order valence-electron chi connectivity index (χ1n) is 5.35. The number of benzene rings is 1. The Labute approximate surface area is 88.7 Å². The summed E-state index contributed by atoms with van der Waals surface area (Å²) in [6, 6.07) is 13.0. The highest BCUT2D eigenvalue weighted by Crippen LogP contribution is 2.27. The van der Waals surface area contributed by atoms with Crippen molar-refractivity contribution >= 4 is 10.9 Å². The second-order valence-corrected chi connectivity index (χ2v) is 4.16. The third-order valence-electron chi connectivity index (χ3n) is 3.24. The minimum Gasteiger partial charge on any atom is -0.345 e. The van der Waals surface area contributed by atoms with Gasteiger partial charge in [0.05, 0.1) is 12.0 Å². The summed E-state index contributed by atoms with van der Waals surface area (Å²) in [4.78, 5) is 0. The van der Waals surface area contributed by atoms with Gasteiger partial charge in [-0.3, -0.25) is 0 Å². The first kappa shape index (κ1) is 8.55. The van der Waals surface area contributed by atoms with Crippen LogP contribution in [0.1, 0.15) is 12.1 Å². The number of nitrogens with zero attached hydrogens (tertiary/aromatic N) is 2. The monoisotopic (exact) mass is 196 g/mol. The maximum atomic E-state index is 8.93. The summed E-state index contributed by atoms with van der Waals surface area (Å²) in [6.45, 7) is 0.987. The van der Waals surface area contributed by atoms with Crippen molar-refractivity contribution < 1.29 is 0 Å². The molecular weight excluding hydrogens is 184 g/mol. The molecule has 0 spiro atoms. The lowest BCUT2D eigenvalue weighted by Gasteiger charge is -2.19. The van der Waals surface area contributed by atoms with E-state index in [1.807, 2.05) is 0 Å². The van der Waals surface area contributed by atoms with Crippen LogP contribution >= 0.6 is 0 Å². The Hall–Kier alpha value is -1.75. The zero-order valence-corrected chi connectivity index (χ0v) is 8.48. The van der Waals surface area contributed by atoms with Gasteiger partial charge in [-0.1, -0.05) is 18.2 Å². The van der Waals surface area contributed by atoms with Crippen molar-refractivity contribution in [2.24, 2.45) is 5.92 Å². The summed E-state index contributed by atoms with van der Waals surface area (Å²) >= 11 is 0. The van der Waals surface area contributed by atoms with Crippen LogP contribution in [0.15, 0.2) is 30.3 Å². The molecule has 1 unspecified atom stereocenters. The van der Waals surface area contributed by atoms with Crippen LogP contribution < -0.4 is 0 Å². The van der Waals surface area contributed by atoms with E-state index in [4.69, 9.17) is 5.26 Å². The Morgan fingerprint density at radius 1 is 1.33 bits per heavy atom. The zero-order valence-electron chi connectivity index (χ0n) is 8.48. The number of rotatable bonds is 0. The maximum Gasteiger partial charge on any atom is 0.0660 e. The standard InChI is InChI=1S/C13H12N2/c14-9-10-5-6-15-12(7-10)8-11-3-1-2-4-13(11)15/h1-4,8,10H,5-7H2. The normalized spacial score (nSPS) is 19.8. The Bertz CT molecular complexity index is 545. The molecule has 1 aliphatic rings. The van der Waals surface area contributed by atoms with Crippen LogP contribution in [0.5, 0.6) is 0 Å². The second kappa shape index (κ2) is 3.13. The van der Waals surface area contributed by atoms with E-state index < -0.39 is 0 Å². The highest BCUT2D eigenvalue weighted by molar-refractivity contribution is 5.81. The molecule has 74 valence electrons. The quantitative estimate of drug-likeness (QED) is 0.636. The van der Waals surface area contributed by atoms with Gasteiger partial charge in [-0.25, -0.2) is 0 Å². The molecule has 2 aromatic rings. The van der Waals surface area contributed by atoms with Crippen molar-refractivity contribution in [1.82, 2.24) is 4.57 Å². The number of para-hydroxylation sites is 1. The van der Waals surface area contributed by atoms with E-state index in [2.05, 4.69) is 41.0 Å². The Kier molecular flexibility index (Phi) is 1.78. The van der Waals surface area contributed by atoms with Gasteiger partial charge in [-0.15, -0.1) is 0 Å². The second-order valence-electron chi connectivity index (χ2n) is 4.16. The van der Waals surface area contributed by atoms with Gasteiger partial charge >= 0.3 is 0 Å². The topological polar surface area (TPSA) is 28.7 Å². The third kappa shape index (κ3) is 1.24. The van der Waals surface area contributed by atoms with Gasteiger partial charge in [0.25, 0.3) is 0 Å². The molecule has 0 radical (unpaired) electrons. The van der Waals surface area contributed by atoms with Crippen LogP contribution in [0.2, 0.25) is 0 Å². The van der Waals surface area contributed by atoms with E-state index in [-0.39, 0.29) is 5.92 Å². The molecule has 0 saturated carbocycles. The van der Waals surface area contributed by atoms with Crippen LogP contribution in [0.3, 0.4) is 0 Å². The minimum absolute atomic E-state index is 0.210. The Balaban J connectivity index is 2.17. The number of fused-ring (bicyclic) bond motifs is 3. The van der Waals surface area contributed by atoms with Crippen molar-refractivity contribution in [3.63, 3.8) is 0 Å². The molecule has 2 nitrogen and oxygen atoms in total.